The molecule has 0 radical (unpaired) electrons. The van der Waals surface area contributed by atoms with Crippen LogP contribution in [0.3, 0.4) is 0 Å². The first-order valence-electron chi connectivity index (χ1n) is 11.2. The molecule has 0 aliphatic carbocycles. The smallest absolute Gasteiger partial charge is 0.335 e. The maximum atomic E-state index is 13.3. The third-order valence-corrected chi connectivity index (χ3v) is 6.07. The zero-order valence-corrected chi connectivity index (χ0v) is 20.6. The number of imide groups is 2. The highest BCUT2D eigenvalue weighted by Crippen LogP contribution is 2.39. The molecule has 2 heterocycles. The number of hydrogen-bond donors (Lipinski definition) is 1. The standard InChI is InChI=1S/C27H18ClN3O7/c1-35-23-10-15(9-20(28)24(23)36-13-17-5-3-2-4-16(17)12-29)8-19-25(32)30-27(34)31(26(19)33)18-6-7-21-22(11-18)38-14-37-21/h2-11H,13-14H2,1H3,(H,30,32,34)/b19-8+. The molecular weight excluding hydrogens is 514 g/mol. The Kier molecular flexibility index (Phi) is 6.60. The second-order valence-electron chi connectivity index (χ2n) is 8.09. The molecule has 0 atom stereocenters. The van der Waals surface area contributed by atoms with Crippen LogP contribution in [0.1, 0.15) is 16.7 Å². The molecule has 0 saturated carbocycles. The average molecular weight is 532 g/mol. The Morgan fingerprint density at radius 3 is 2.68 bits per heavy atom. The molecule has 4 amide bonds. The normalized spacial score (nSPS) is 15.3. The maximum absolute atomic E-state index is 13.3. The van der Waals surface area contributed by atoms with Crippen LogP contribution in [0.15, 0.2) is 60.2 Å². The molecule has 2 aliphatic rings. The van der Waals surface area contributed by atoms with Crippen molar-refractivity contribution in [2.24, 2.45) is 0 Å². The molecule has 190 valence electrons. The second-order valence-corrected chi connectivity index (χ2v) is 8.49. The highest BCUT2D eigenvalue weighted by atomic mass is 35.5. The minimum atomic E-state index is -0.895. The van der Waals surface area contributed by atoms with Gasteiger partial charge in [-0.1, -0.05) is 29.8 Å². The van der Waals surface area contributed by atoms with E-state index in [1.165, 1.54) is 37.5 Å². The van der Waals surface area contributed by atoms with E-state index in [0.717, 1.165) is 4.90 Å². The summed E-state index contributed by atoms with van der Waals surface area (Å²) in [7, 11) is 1.41. The lowest BCUT2D eigenvalue weighted by atomic mass is 10.1. The van der Waals surface area contributed by atoms with Crippen LogP contribution in [0.4, 0.5) is 10.5 Å². The number of amides is 4. The highest BCUT2D eigenvalue weighted by molar-refractivity contribution is 6.39. The van der Waals surface area contributed by atoms with Gasteiger partial charge in [-0.3, -0.25) is 14.9 Å². The predicted molar refractivity (Wildman–Crippen MR) is 135 cm³/mol. The molecule has 2 aliphatic heterocycles. The van der Waals surface area contributed by atoms with Gasteiger partial charge in [0.15, 0.2) is 23.0 Å². The average Bonchev–Trinajstić information content (AvgIpc) is 3.38. The summed E-state index contributed by atoms with van der Waals surface area (Å²) in [6, 6.07) is 15.8. The minimum Gasteiger partial charge on any atom is -0.493 e. The summed E-state index contributed by atoms with van der Waals surface area (Å²) in [5, 5.41) is 11.6. The number of nitrogens with zero attached hydrogens (tertiary/aromatic N) is 2. The Bertz CT molecular complexity index is 1560. The van der Waals surface area contributed by atoms with Crippen molar-refractivity contribution in [2.45, 2.75) is 6.61 Å². The van der Waals surface area contributed by atoms with Crippen molar-refractivity contribution in [2.75, 3.05) is 18.8 Å². The van der Waals surface area contributed by atoms with Crippen LogP contribution in [0.25, 0.3) is 6.08 Å². The molecule has 5 rings (SSSR count). The predicted octanol–water partition coefficient (Wildman–Crippen LogP) is 4.19. The van der Waals surface area contributed by atoms with Crippen LogP contribution in [-0.2, 0) is 16.2 Å². The minimum absolute atomic E-state index is 0.0235. The largest absolute Gasteiger partial charge is 0.493 e. The summed E-state index contributed by atoms with van der Waals surface area (Å²) < 4.78 is 21.9. The summed E-state index contributed by atoms with van der Waals surface area (Å²) in [5.74, 6) is -0.380. The summed E-state index contributed by atoms with van der Waals surface area (Å²) in [6.07, 6.45) is 1.30. The number of ether oxygens (including phenoxy) is 4. The molecule has 1 N–H and O–H groups in total. The van der Waals surface area contributed by atoms with Gasteiger partial charge in [0.1, 0.15) is 12.2 Å². The monoisotopic (exact) mass is 531 g/mol. The summed E-state index contributed by atoms with van der Waals surface area (Å²) >= 11 is 6.47. The van der Waals surface area contributed by atoms with Gasteiger partial charge >= 0.3 is 6.03 Å². The van der Waals surface area contributed by atoms with Gasteiger partial charge in [-0.2, -0.15) is 5.26 Å². The number of urea groups is 1. The van der Waals surface area contributed by atoms with E-state index < -0.39 is 17.8 Å². The molecule has 1 fully saturated rings. The van der Waals surface area contributed by atoms with Crippen molar-refractivity contribution in [3.8, 4) is 29.1 Å². The number of nitrogens with one attached hydrogen (secondary N) is 1. The van der Waals surface area contributed by atoms with Crippen LogP contribution >= 0.6 is 11.6 Å². The third-order valence-electron chi connectivity index (χ3n) is 5.79. The lowest BCUT2D eigenvalue weighted by Crippen LogP contribution is -2.54. The molecule has 10 nitrogen and oxygen atoms in total. The van der Waals surface area contributed by atoms with Crippen molar-refractivity contribution in [1.29, 1.82) is 5.26 Å². The Morgan fingerprint density at radius 1 is 1.11 bits per heavy atom. The van der Waals surface area contributed by atoms with E-state index in [1.807, 2.05) is 0 Å². The summed E-state index contributed by atoms with van der Waals surface area (Å²) in [6.45, 7) is 0.0868. The first-order valence-corrected chi connectivity index (χ1v) is 11.6. The molecule has 3 aromatic carbocycles. The number of hydrogen-bond acceptors (Lipinski definition) is 8. The maximum Gasteiger partial charge on any atom is 0.335 e. The fourth-order valence-electron chi connectivity index (χ4n) is 3.95. The third kappa shape index (κ3) is 4.58. The first kappa shape index (κ1) is 24.7. The Morgan fingerprint density at radius 2 is 1.89 bits per heavy atom. The van der Waals surface area contributed by atoms with E-state index in [9.17, 15) is 19.6 Å². The van der Waals surface area contributed by atoms with Gasteiger partial charge in [-0.15, -0.1) is 0 Å². The fourth-order valence-corrected chi connectivity index (χ4v) is 4.22. The van der Waals surface area contributed by atoms with Crippen molar-refractivity contribution in [1.82, 2.24) is 5.32 Å². The number of carbonyl (C=O) groups excluding carboxylic acids is 3. The van der Waals surface area contributed by atoms with Gasteiger partial charge < -0.3 is 18.9 Å². The van der Waals surface area contributed by atoms with Crippen LogP contribution in [0.2, 0.25) is 5.02 Å². The zero-order valence-electron chi connectivity index (χ0n) is 19.8. The van der Waals surface area contributed by atoms with Gasteiger partial charge in [-0.05, 0) is 42.0 Å². The molecule has 3 aromatic rings. The molecule has 0 unspecified atom stereocenters. The van der Waals surface area contributed by atoms with E-state index >= 15 is 0 Å². The van der Waals surface area contributed by atoms with Gasteiger partial charge in [-0.25, -0.2) is 9.69 Å². The van der Waals surface area contributed by atoms with E-state index in [-0.39, 0.29) is 41.2 Å². The van der Waals surface area contributed by atoms with E-state index in [1.54, 1.807) is 30.3 Å². The van der Waals surface area contributed by atoms with E-state index in [0.29, 0.717) is 28.2 Å². The van der Waals surface area contributed by atoms with Crippen LogP contribution < -0.4 is 29.2 Å². The topological polar surface area (TPSA) is 127 Å². The number of rotatable bonds is 6. The van der Waals surface area contributed by atoms with Crippen LogP contribution in [0, 0.1) is 11.3 Å². The Labute approximate surface area is 221 Å². The lowest BCUT2D eigenvalue weighted by Gasteiger charge is -2.26. The number of anilines is 1. The first-order chi connectivity index (χ1) is 18.4. The van der Waals surface area contributed by atoms with Crippen molar-refractivity contribution in [3.05, 3.63) is 81.9 Å². The molecule has 0 aromatic heterocycles. The quantitative estimate of drug-likeness (QED) is 0.370. The number of carbonyl (C=O) groups is 3. The molecule has 0 spiro atoms. The molecule has 38 heavy (non-hydrogen) atoms. The molecule has 0 bridgehead atoms. The number of benzene rings is 3. The van der Waals surface area contributed by atoms with Crippen LogP contribution in [-0.4, -0.2) is 31.7 Å². The Hall–Kier alpha value is -5.01. The van der Waals surface area contributed by atoms with E-state index in [2.05, 4.69) is 11.4 Å². The van der Waals surface area contributed by atoms with Crippen molar-refractivity contribution in [3.63, 3.8) is 0 Å². The Balaban J connectivity index is 1.44. The molecule has 1 saturated heterocycles. The van der Waals surface area contributed by atoms with Crippen LogP contribution in [0.5, 0.6) is 23.0 Å². The zero-order chi connectivity index (χ0) is 26.8. The van der Waals surface area contributed by atoms with Crippen molar-refractivity contribution >= 4 is 41.2 Å². The number of barbiturate groups is 1. The number of halogens is 1. The summed E-state index contributed by atoms with van der Waals surface area (Å²) in [4.78, 5) is 39.2. The molecular formula is C27H18ClN3O7. The van der Waals surface area contributed by atoms with Gasteiger partial charge in [0, 0.05) is 11.6 Å². The van der Waals surface area contributed by atoms with E-state index in [4.69, 9.17) is 30.5 Å². The molecule has 11 heteroatoms. The highest BCUT2D eigenvalue weighted by Gasteiger charge is 2.37. The second kappa shape index (κ2) is 10.2. The fraction of sp³-hybridized carbons (Fsp3) is 0.111. The van der Waals surface area contributed by atoms with Gasteiger partial charge in [0.25, 0.3) is 11.8 Å². The van der Waals surface area contributed by atoms with Gasteiger partial charge in [0.2, 0.25) is 6.79 Å². The van der Waals surface area contributed by atoms with Crippen molar-refractivity contribution < 1.29 is 33.3 Å². The summed E-state index contributed by atoms with van der Waals surface area (Å²) in [5.41, 5.74) is 1.39. The number of fused-ring (bicyclic) bond motifs is 1. The number of nitriles is 1. The SMILES string of the molecule is COc1cc(/C=C2\C(=O)NC(=O)N(c3ccc4c(c3)OCO4)C2=O)cc(Cl)c1OCc1ccccc1C#N. The number of methoxy groups -OCH3 is 1. The lowest BCUT2D eigenvalue weighted by molar-refractivity contribution is -0.122. The van der Waals surface area contributed by atoms with Gasteiger partial charge in [0.05, 0.1) is 29.5 Å².